The second-order valence-corrected chi connectivity index (χ2v) is 6.17. The van der Waals surface area contributed by atoms with Crippen LogP contribution in [0.2, 0.25) is 0 Å². The summed E-state index contributed by atoms with van der Waals surface area (Å²) >= 11 is 0. The Labute approximate surface area is 157 Å². The van der Waals surface area contributed by atoms with Gasteiger partial charge in [0.25, 0.3) is 5.91 Å². The van der Waals surface area contributed by atoms with Gasteiger partial charge in [0, 0.05) is 12.1 Å². The van der Waals surface area contributed by atoms with Crippen LogP contribution in [0.1, 0.15) is 21.5 Å². The molecule has 0 aliphatic carbocycles. The van der Waals surface area contributed by atoms with Crippen molar-refractivity contribution in [3.05, 3.63) is 89.5 Å². The average Bonchev–Trinajstić information content (AvgIpc) is 3.19. The van der Waals surface area contributed by atoms with Gasteiger partial charge in [-0.3, -0.25) is 4.79 Å². The summed E-state index contributed by atoms with van der Waals surface area (Å²) in [6, 6.07) is 22.7. The van der Waals surface area contributed by atoms with Crippen LogP contribution in [-0.2, 0) is 13.2 Å². The van der Waals surface area contributed by atoms with E-state index in [9.17, 15) is 4.79 Å². The van der Waals surface area contributed by atoms with Gasteiger partial charge in [-0.25, -0.2) is 0 Å². The number of carbonyl (C=O) groups excluding carboxylic acids is 1. The molecule has 1 aliphatic heterocycles. The second kappa shape index (κ2) is 7.83. The molecule has 3 aromatic carbocycles. The van der Waals surface area contributed by atoms with E-state index in [1.807, 2.05) is 48.5 Å². The maximum atomic E-state index is 12.3. The van der Waals surface area contributed by atoms with Gasteiger partial charge in [0.15, 0.2) is 11.5 Å². The molecule has 0 unspecified atom stereocenters. The summed E-state index contributed by atoms with van der Waals surface area (Å²) < 4.78 is 16.4. The molecule has 5 heteroatoms. The van der Waals surface area contributed by atoms with E-state index >= 15 is 0 Å². The van der Waals surface area contributed by atoms with Crippen LogP contribution in [-0.4, -0.2) is 12.7 Å². The molecule has 0 fully saturated rings. The molecule has 0 aromatic heterocycles. The lowest BCUT2D eigenvalue weighted by Crippen LogP contribution is -2.22. The third-order valence-electron chi connectivity index (χ3n) is 4.25. The van der Waals surface area contributed by atoms with Gasteiger partial charge >= 0.3 is 0 Å². The fourth-order valence-corrected chi connectivity index (χ4v) is 2.78. The number of fused-ring (bicyclic) bond motifs is 1. The van der Waals surface area contributed by atoms with Crippen LogP contribution in [0, 0.1) is 0 Å². The molecule has 1 amide bonds. The Morgan fingerprint density at radius 2 is 1.67 bits per heavy atom. The predicted octanol–water partition coefficient (Wildman–Crippen LogP) is 3.92. The van der Waals surface area contributed by atoms with Crippen LogP contribution in [0.3, 0.4) is 0 Å². The van der Waals surface area contributed by atoms with E-state index in [2.05, 4.69) is 5.32 Å². The van der Waals surface area contributed by atoms with E-state index in [0.29, 0.717) is 24.5 Å². The molecule has 136 valence electrons. The Kier molecular flexibility index (Phi) is 4.92. The van der Waals surface area contributed by atoms with Gasteiger partial charge in [0.05, 0.1) is 0 Å². The van der Waals surface area contributed by atoms with Gasteiger partial charge in [0.1, 0.15) is 12.4 Å². The van der Waals surface area contributed by atoms with Gasteiger partial charge in [-0.2, -0.15) is 0 Å². The fraction of sp³-hybridized carbons (Fsp3) is 0.136. The fourth-order valence-electron chi connectivity index (χ4n) is 2.78. The summed E-state index contributed by atoms with van der Waals surface area (Å²) in [6.45, 7) is 1.15. The highest BCUT2D eigenvalue weighted by Gasteiger charge is 2.13. The minimum Gasteiger partial charge on any atom is -0.489 e. The Balaban J connectivity index is 1.31. The molecule has 0 saturated carbocycles. The molecule has 0 radical (unpaired) electrons. The second-order valence-electron chi connectivity index (χ2n) is 6.17. The minimum absolute atomic E-state index is 0.137. The van der Waals surface area contributed by atoms with E-state index in [-0.39, 0.29) is 12.7 Å². The third-order valence-corrected chi connectivity index (χ3v) is 4.25. The van der Waals surface area contributed by atoms with Crippen molar-refractivity contribution in [2.75, 3.05) is 6.79 Å². The highest BCUT2D eigenvalue weighted by molar-refractivity contribution is 5.94. The third kappa shape index (κ3) is 4.20. The lowest BCUT2D eigenvalue weighted by atomic mass is 10.1. The summed E-state index contributed by atoms with van der Waals surface area (Å²) in [6.07, 6.45) is 0. The van der Waals surface area contributed by atoms with Crippen molar-refractivity contribution in [1.82, 2.24) is 5.32 Å². The first kappa shape index (κ1) is 17.0. The Morgan fingerprint density at radius 3 is 2.48 bits per heavy atom. The van der Waals surface area contributed by atoms with Gasteiger partial charge in [-0.1, -0.05) is 36.4 Å². The first-order valence-electron chi connectivity index (χ1n) is 8.71. The SMILES string of the molecule is O=C(NCc1ccc2c(c1)OCO2)c1ccc(OCc2ccccc2)cc1. The first-order valence-corrected chi connectivity index (χ1v) is 8.71. The van der Waals surface area contributed by atoms with Crippen molar-refractivity contribution in [2.24, 2.45) is 0 Å². The number of hydrogen-bond acceptors (Lipinski definition) is 4. The van der Waals surface area contributed by atoms with Crippen molar-refractivity contribution in [3.8, 4) is 17.2 Å². The Hall–Kier alpha value is -3.47. The first-order chi connectivity index (χ1) is 13.3. The number of rotatable bonds is 6. The lowest BCUT2D eigenvalue weighted by Gasteiger charge is -2.08. The van der Waals surface area contributed by atoms with E-state index in [1.165, 1.54) is 0 Å². The zero-order valence-electron chi connectivity index (χ0n) is 14.7. The van der Waals surface area contributed by atoms with Crippen LogP contribution < -0.4 is 19.5 Å². The zero-order chi connectivity index (χ0) is 18.5. The predicted molar refractivity (Wildman–Crippen MR) is 101 cm³/mol. The molecular formula is C22H19NO4. The van der Waals surface area contributed by atoms with E-state index in [4.69, 9.17) is 14.2 Å². The molecule has 1 N–H and O–H groups in total. The summed E-state index contributed by atoms with van der Waals surface area (Å²) in [5.74, 6) is 2.03. The maximum absolute atomic E-state index is 12.3. The maximum Gasteiger partial charge on any atom is 0.251 e. The van der Waals surface area contributed by atoms with E-state index < -0.39 is 0 Å². The Bertz CT molecular complexity index is 923. The van der Waals surface area contributed by atoms with Crippen LogP contribution in [0.15, 0.2) is 72.8 Å². The monoisotopic (exact) mass is 361 g/mol. The summed E-state index contributed by atoms with van der Waals surface area (Å²) in [4.78, 5) is 12.3. The number of hydrogen-bond donors (Lipinski definition) is 1. The summed E-state index contributed by atoms with van der Waals surface area (Å²) in [5, 5.41) is 2.91. The van der Waals surface area contributed by atoms with Crippen molar-refractivity contribution in [2.45, 2.75) is 13.2 Å². The molecule has 27 heavy (non-hydrogen) atoms. The van der Waals surface area contributed by atoms with Crippen LogP contribution in [0.25, 0.3) is 0 Å². The summed E-state index contributed by atoms with van der Waals surface area (Å²) in [5.41, 5.74) is 2.64. The summed E-state index contributed by atoms with van der Waals surface area (Å²) in [7, 11) is 0. The van der Waals surface area contributed by atoms with E-state index in [0.717, 1.165) is 22.6 Å². The van der Waals surface area contributed by atoms with Crippen molar-refractivity contribution >= 4 is 5.91 Å². The van der Waals surface area contributed by atoms with Crippen LogP contribution in [0.5, 0.6) is 17.2 Å². The number of carbonyl (C=O) groups is 1. The van der Waals surface area contributed by atoms with Crippen molar-refractivity contribution in [3.63, 3.8) is 0 Å². The largest absolute Gasteiger partial charge is 0.489 e. The highest BCUT2D eigenvalue weighted by Crippen LogP contribution is 2.32. The number of benzene rings is 3. The van der Waals surface area contributed by atoms with Crippen molar-refractivity contribution in [1.29, 1.82) is 0 Å². The molecule has 0 bridgehead atoms. The highest BCUT2D eigenvalue weighted by atomic mass is 16.7. The smallest absolute Gasteiger partial charge is 0.251 e. The topological polar surface area (TPSA) is 56.8 Å². The molecule has 1 aliphatic rings. The van der Waals surface area contributed by atoms with Gasteiger partial charge in [-0.15, -0.1) is 0 Å². The quantitative estimate of drug-likeness (QED) is 0.723. The molecule has 1 heterocycles. The number of ether oxygens (including phenoxy) is 3. The minimum atomic E-state index is -0.137. The molecule has 3 aromatic rings. The number of nitrogens with one attached hydrogen (secondary N) is 1. The molecule has 4 rings (SSSR count). The molecule has 5 nitrogen and oxygen atoms in total. The number of amides is 1. The van der Waals surface area contributed by atoms with Crippen molar-refractivity contribution < 1.29 is 19.0 Å². The molecule has 0 saturated heterocycles. The normalized spacial score (nSPS) is 11.9. The zero-order valence-corrected chi connectivity index (χ0v) is 14.7. The van der Waals surface area contributed by atoms with Gasteiger partial charge in [-0.05, 0) is 47.5 Å². The molecular weight excluding hydrogens is 342 g/mol. The lowest BCUT2D eigenvalue weighted by molar-refractivity contribution is 0.0950. The van der Waals surface area contributed by atoms with Crippen LogP contribution in [0.4, 0.5) is 0 Å². The average molecular weight is 361 g/mol. The van der Waals surface area contributed by atoms with Crippen LogP contribution >= 0.6 is 0 Å². The standard InChI is InChI=1S/C22H19NO4/c24-22(23-13-17-6-11-20-21(12-17)27-15-26-20)18-7-9-19(10-8-18)25-14-16-4-2-1-3-5-16/h1-12H,13-15H2,(H,23,24). The molecule has 0 atom stereocenters. The molecule has 0 spiro atoms. The van der Waals surface area contributed by atoms with Gasteiger partial charge < -0.3 is 19.5 Å². The van der Waals surface area contributed by atoms with Gasteiger partial charge in [0.2, 0.25) is 6.79 Å². The Morgan fingerprint density at radius 1 is 0.889 bits per heavy atom. The van der Waals surface area contributed by atoms with E-state index in [1.54, 1.807) is 24.3 Å².